The van der Waals surface area contributed by atoms with Crippen molar-refractivity contribution >= 4 is 18.0 Å². The van der Waals surface area contributed by atoms with Crippen LogP contribution in [0.15, 0.2) is 46.2 Å². The fourth-order valence-electron chi connectivity index (χ4n) is 1.14. The van der Waals surface area contributed by atoms with Crippen molar-refractivity contribution in [2.24, 2.45) is 5.41 Å². The number of hydrogen-bond acceptors (Lipinski definition) is 2. The Balaban J connectivity index is 2.79. The Morgan fingerprint density at radius 3 is 2.27 bits per heavy atom. The van der Waals surface area contributed by atoms with Gasteiger partial charge in [-0.1, -0.05) is 56.8 Å². The van der Waals surface area contributed by atoms with Gasteiger partial charge in [-0.3, -0.25) is 4.79 Å². The molecule has 0 N–H and O–H groups in total. The molecule has 0 fully saturated rings. The highest BCUT2D eigenvalue weighted by molar-refractivity contribution is 8.03. The van der Waals surface area contributed by atoms with Crippen LogP contribution in [-0.2, 0) is 4.79 Å². The summed E-state index contributed by atoms with van der Waals surface area (Å²) in [6, 6.07) is 9.93. The summed E-state index contributed by atoms with van der Waals surface area (Å²) < 4.78 is 0. The van der Waals surface area contributed by atoms with Gasteiger partial charge in [-0.2, -0.15) is 0 Å². The van der Waals surface area contributed by atoms with Crippen LogP contribution in [-0.4, -0.2) is 6.29 Å². The van der Waals surface area contributed by atoms with Crippen molar-refractivity contribution in [3.05, 3.63) is 41.3 Å². The molecule has 0 aromatic heterocycles. The maximum atomic E-state index is 10.9. The van der Waals surface area contributed by atoms with Crippen LogP contribution in [0.25, 0.3) is 0 Å². The Hall–Kier alpha value is -1.02. The van der Waals surface area contributed by atoms with E-state index in [0.717, 1.165) is 16.1 Å². The molecule has 1 aromatic carbocycles. The van der Waals surface area contributed by atoms with Crippen molar-refractivity contribution in [1.29, 1.82) is 0 Å². The quantitative estimate of drug-likeness (QED) is 0.436. The van der Waals surface area contributed by atoms with Crippen molar-refractivity contribution in [1.82, 2.24) is 0 Å². The summed E-state index contributed by atoms with van der Waals surface area (Å²) in [5, 5.41) is 0. The first-order chi connectivity index (χ1) is 7.01. The number of carbonyl (C=O) groups is 1. The number of thioether (sulfide) groups is 1. The van der Waals surface area contributed by atoms with E-state index >= 15 is 0 Å². The highest BCUT2D eigenvalue weighted by Crippen LogP contribution is 2.28. The molecule has 0 bridgehead atoms. The van der Waals surface area contributed by atoms with E-state index in [-0.39, 0.29) is 5.41 Å². The van der Waals surface area contributed by atoms with Gasteiger partial charge in [-0.15, -0.1) is 0 Å². The van der Waals surface area contributed by atoms with Gasteiger partial charge in [-0.05, 0) is 17.5 Å². The summed E-state index contributed by atoms with van der Waals surface area (Å²) in [4.78, 5) is 12.8. The summed E-state index contributed by atoms with van der Waals surface area (Å²) in [5.41, 5.74) is 0.0397. The Labute approximate surface area is 95.6 Å². The predicted octanol–water partition coefficient (Wildman–Crippen LogP) is 3.91. The molecule has 0 spiro atoms. The molecule has 0 radical (unpaired) electrons. The van der Waals surface area contributed by atoms with Crippen LogP contribution in [0.1, 0.15) is 20.8 Å². The number of rotatable bonds is 3. The molecule has 80 valence electrons. The third kappa shape index (κ3) is 4.84. The van der Waals surface area contributed by atoms with E-state index in [1.54, 1.807) is 0 Å². The number of benzene rings is 1. The van der Waals surface area contributed by atoms with Crippen molar-refractivity contribution in [2.75, 3.05) is 0 Å². The largest absolute Gasteiger partial charge is 0.297 e. The number of aldehydes is 1. The fourth-order valence-corrected chi connectivity index (χ4v) is 2.16. The van der Waals surface area contributed by atoms with Crippen LogP contribution in [0, 0.1) is 5.41 Å². The molecule has 0 atom stereocenters. The minimum absolute atomic E-state index is 0.0397. The monoisotopic (exact) mass is 220 g/mol. The van der Waals surface area contributed by atoms with Crippen LogP contribution < -0.4 is 0 Å². The van der Waals surface area contributed by atoms with E-state index in [1.165, 1.54) is 11.8 Å². The van der Waals surface area contributed by atoms with Crippen LogP contribution in [0.4, 0.5) is 0 Å². The van der Waals surface area contributed by atoms with E-state index in [1.807, 2.05) is 36.4 Å². The minimum atomic E-state index is 0.0397. The molecule has 15 heavy (non-hydrogen) atoms. The van der Waals surface area contributed by atoms with Gasteiger partial charge in [-0.25, -0.2) is 0 Å². The molecule has 0 saturated heterocycles. The summed E-state index contributed by atoms with van der Waals surface area (Å²) in [7, 11) is 0. The molecule has 0 aliphatic carbocycles. The smallest absolute Gasteiger partial charge is 0.156 e. The average Bonchev–Trinajstić information content (AvgIpc) is 2.16. The van der Waals surface area contributed by atoms with Crippen molar-refractivity contribution in [3.63, 3.8) is 0 Å². The van der Waals surface area contributed by atoms with Gasteiger partial charge in [0.25, 0.3) is 0 Å². The Morgan fingerprint density at radius 1 is 1.20 bits per heavy atom. The van der Waals surface area contributed by atoms with E-state index in [0.29, 0.717) is 0 Å². The molecule has 2 heteroatoms. The predicted molar refractivity (Wildman–Crippen MR) is 65.9 cm³/mol. The zero-order valence-electron chi connectivity index (χ0n) is 9.36. The molecule has 1 nitrogen and oxygen atoms in total. The minimum Gasteiger partial charge on any atom is -0.297 e. The van der Waals surface area contributed by atoms with Gasteiger partial charge in [0.15, 0.2) is 6.29 Å². The lowest BCUT2D eigenvalue weighted by molar-refractivity contribution is -0.104. The second-order valence-corrected chi connectivity index (χ2v) is 5.59. The van der Waals surface area contributed by atoms with Gasteiger partial charge < -0.3 is 0 Å². The first-order valence-corrected chi connectivity index (χ1v) is 5.74. The van der Waals surface area contributed by atoms with Gasteiger partial charge in [0.1, 0.15) is 0 Å². The summed E-state index contributed by atoms with van der Waals surface area (Å²) in [6.07, 6.45) is 2.92. The summed E-state index contributed by atoms with van der Waals surface area (Å²) in [5.74, 6) is 0. The molecule has 0 unspecified atom stereocenters. The zero-order valence-corrected chi connectivity index (χ0v) is 10.2. The number of carbonyl (C=O) groups excluding carboxylic acids is 1. The Morgan fingerprint density at radius 2 is 1.80 bits per heavy atom. The fraction of sp³-hybridized carbons (Fsp3) is 0.308. The first-order valence-electron chi connectivity index (χ1n) is 4.92. The lowest BCUT2D eigenvalue weighted by Crippen LogP contribution is -2.00. The lowest BCUT2D eigenvalue weighted by Gasteiger charge is -2.13. The highest BCUT2D eigenvalue weighted by Gasteiger charge is 2.09. The van der Waals surface area contributed by atoms with E-state index in [2.05, 4.69) is 20.8 Å². The highest BCUT2D eigenvalue weighted by atomic mass is 32.2. The molecule has 0 aliphatic heterocycles. The topological polar surface area (TPSA) is 17.1 Å². The van der Waals surface area contributed by atoms with Crippen LogP contribution >= 0.6 is 11.8 Å². The molecular weight excluding hydrogens is 204 g/mol. The van der Waals surface area contributed by atoms with Gasteiger partial charge >= 0.3 is 0 Å². The maximum absolute atomic E-state index is 10.9. The Bertz CT molecular complexity index is 347. The Kier molecular flexibility index (Phi) is 4.15. The normalized spacial score (nSPS) is 12.6. The van der Waals surface area contributed by atoms with E-state index in [4.69, 9.17) is 0 Å². The standard InChI is InChI=1S/C13H16OS/c1-13(2,3)9-12(10-14)15-11-7-5-4-6-8-11/h4-10H,1-3H3/b12-9-. The zero-order chi connectivity index (χ0) is 11.3. The SMILES string of the molecule is CC(C)(C)/C=C(/C=O)Sc1ccccc1. The van der Waals surface area contributed by atoms with Gasteiger partial charge in [0.2, 0.25) is 0 Å². The van der Waals surface area contributed by atoms with Crippen molar-refractivity contribution in [3.8, 4) is 0 Å². The van der Waals surface area contributed by atoms with Crippen molar-refractivity contribution in [2.45, 2.75) is 25.7 Å². The van der Waals surface area contributed by atoms with E-state index in [9.17, 15) is 4.79 Å². The molecule has 0 aliphatic rings. The second kappa shape index (κ2) is 5.17. The second-order valence-electron chi connectivity index (χ2n) is 4.45. The first kappa shape index (κ1) is 12.1. The lowest BCUT2D eigenvalue weighted by atomic mass is 9.96. The molecule has 0 saturated carbocycles. The molecule has 0 amide bonds. The third-order valence-electron chi connectivity index (χ3n) is 1.67. The molecule has 1 aromatic rings. The molecule has 1 rings (SSSR count). The number of hydrogen-bond donors (Lipinski definition) is 0. The average molecular weight is 220 g/mol. The van der Waals surface area contributed by atoms with Crippen molar-refractivity contribution < 1.29 is 4.79 Å². The summed E-state index contributed by atoms with van der Waals surface area (Å²) in [6.45, 7) is 6.26. The van der Waals surface area contributed by atoms with Gasteiger partial charge in [0.05, 0.1) is 0 Å². The van der Waals surface area contributed by atoms with E-state index < -0.39 is 0 Å². The maximum Gasteiger partial charge on any atom is 0.156 e. The summed E-state index contributed by atoms with van der Waals surface area (Å²) >= 11 is 1.51. The molecular formula is C13H16OS. The van der Waals surface area contributed by atoms with Gasteiger partial charge in [0, 0.05) is 9.80 Å². The molecule has 0 heterocycles. The van der Waals surface area contributed by atoms with Crippen LogP contribution in [0.2, 0.25) is 0 Å². The van der Waals surface area contributed by atoms with Crippen LogP contribution in [0.3, 0.4) is 0 Å². The van der Waals surface area contributed by atoms with Crippen LogP contribution in [0.5, 0.6) is 0 Å². The third-order valence-corrected chi connectivity index (χ3v) is 2.63. The number of allylic oxidation sites excluding steroid dienone is 2.